The number of Topliss-reactive ketones (excluding diaryl/α,β-unsaturated/α-hetero) is 1. The van der Waals surface area contributed by atoms with Crippen molar-refractivity contribution >= 4 is 17.5 Å². The predicted molar refractivity (Wildman–Crippen MR) is 121 cm³/mol. The summed E-state index contributed by atoms with van der Waals surface area (Å²) in [5, 5.41) is 9.02. The molecule has 1 aliphatic heterocycles. The minimum atomic E-state index is -0.392. The van der Waals surface area contributed by atoms with E-state index < -0.39 is 5.25 Å². The fourth-order valence-electron chi connectivity index (χ4n) is 3.66. The Morgan fingerprint density at radius 1 is 0.935 bits per heavy atom. The van der Waals surface area contributed by atoms with Gasteiger partial charge in [0, 0.05) is 11.1 Å². The SMILES string of the molecule is COc1ccc(C(=O)[C@@H]2Sc3nnc(-c4ccccc4)n3N[C@H]2c2ccccc2)cc1. The van der Waals surface area contributed by atoms with Crippen LogP contribution in [0.1, 0.15) is 22.0 Å². The molecule has 3 aromatic carbocycles. The Labute approximate surface area is 184 Å². The maximum atomic E-state index is 13.5. The van der Waals surface area contributed by atoms with Gasteiger partial charge in [-0.2, -0.15) is 0 Å². The van der Waals surface area contributed by atoms with Gasteiger partial charge in [-0.3, -0.25) is 4.79 Å². The number of carbonyl (C=O) groups excluding carboxylic acids is 1. The minimum absolute atomic E-state index is 0.0320. The van der Waals surface area contributed by atoms with Crippen LogP contribution < -0.4 is 10.2 Å². The van der Waals surface area contributed by atoms with Crippen LogP contribution in [-0.4, -0.2) is 33.0 Å². The fourth-order valence-corrected chi connectivity index (χ4v) is 4.82. The second kappa shape index (κ2) is 8.28. The van der Waals surface area contributed by atoms with Gasteiger partial charge >= 0.3 is 0 Å². The smallest absolute Gasteiger partial charge is 0.211 e. The number of hydrogen-bond donors (Lipinski definition) is 1. The lowest BCUT2D eigenvalue weighted by Crippen LogP contribution is -2.39. The molecule has 154 valence electrons. The quantitative estimate of drug-likeness (QED) is 0.469. The van der Waals surface area contributed by atoms with E-state index in [1.54, 1.807) is 19.2 Å². The molecule has 5 rings (SSSR count). The summed E-state index contributed by atoms with van der Waals surface area (Å²) in [6.07, 6.45) is 0. The molecule has 0 bridgehead atoms. The van der Waals surface area contributed by atoms with Crippen molar-refractivity contribution in [3.8, 4) is 17.1 Å². The van der Waals surface area contributed by atoms with Gasteiger partial charge in [0.1, 0.15) is 11.0 Å². The van der Waals surface area contributed by atoms with Gasteiger partial charge < -0.3 is 10.2 Å². The molecule has 0 aliphatic carbocycles. The number of rotatable bonds is 5. The van der Waals surface area contributed by atoms with Crippen molar-refractivity contribution in [1.29, 1.82) is 0 Å². The molecule has 0 radical (unpaired) electrons. The highest BCUT2D eigenvalue weighted by molar-refractivity contribution is 8.00. The van der Waals surface area contributed by atoms with Gasteiger partial charge in [0.25, 0.3) is 0 Å². The van der Waals surface area contributed by atoms with Gasteiger partial charge in [-0.1, -0.05) is 72.4 Å². The number of ketones is 1. The van der Waals surface area contributed by atoms with E-state index in [0.717, 1.165) is 22.7 Å². The van der Waals surface area contributed by atoms with Crippen LogP contribution in [0.15, 0.2) is 90.1 Å². The van der Waals surface area contributed by atoms with Crippen LogP contribution >= 0.6 is 11.8 Å². The number of methoxy groups -OCH3 is 1. The Kier molecular flexibility index (Phi) is 5.18. The number of benzene rings is 3. The van der Waals surface area contributed by atoms with E-state index in [9.17, 15) is 4.79 Å². The van der Waals surface area contributed by atoms with Crippen molar-refractivity contribution < 1.29 is 9.53 Å². The molecule has 7 heteroatoms. The summed E-state index contributed by atoms with van der Waals surface area (Å²) in [5.41, 5.74) is 6.13. The van der Waals surface area contributed by atoms with Crippen LogP contribution in [0.3, 0.4) is 0 Å². The van der Waals surface area contributed by atoms with Crippen molar-refractivity contribution in [2.45, 2.75) is 16.4 Å². The van der Waals surface area contributed by atoms with Crippen molar-refractivity contribution in [2.75, 3.05) is 12.5 Å². The molecule has 1 aromatic heterocycles. The molecule has 0 amide bonds. The van der Waals surface area contributed by atoms with Crippen molar-refractivity contribution in [3.63, 3.8) is 0 Å². The molecule has 0 unspecified atom stereocenters. The average molecular weight is 429 g/mol. The van der Waals surface area contributed by atoms with Crippen LogP contribution in [0.5, 0.6) is 5.75 Å². The molecular formula is C24H20N4O2S. The van der Waals surface area contributed by atoms with Crippen LogP contribution in [0.25, 0.3) is 11.4 Å². The van der Waals surface area contributed by atoms with Gasteiger partial charge in [-0.15, -0.1) is 10.2 Å². The predicted octanol–water partition coefficient (Wildman–Crippen LogP) is 4.60. The van der Waals surface area contributed by atoms with Gasteiger partial charge in [0.15, 0.2) is 11.6 Å². The summed E-state index contributed by atoms with van der Waals surface area (Å²) < 4.78 is 7.11. The Hall–Kier alpha value is -3.58. The molecule has 4 aromatic rings. The van der Waals surface area contributed by atoms with Crippen LogP contribution in [-0.2, 0) is 0 Å². The number of aromatic nitrogens is 3. The fraction of sp³-hybridized carbons (Fsp3) is 0.125. The van der Waals surface area contributed by atoms with Crippen LogP contribution in [0, 0.1) is 0 Å². The largest absolute Gasteiger partial charge is 0.497 e. The van der Waals surface area contributed by atoms with Gasteiger partial charge in [0.2, 0.25) is 5.16 Å². The summed E-state index contributed by atoms with van der Waals surface area (Å²) in [6, 6.07) is 26.9. The highest BCUT2D eigenvalue weighted by atomic mass is 32.2. The lowest BCUT2D eigenvalue weighted by atomic mass is 9.97. The van der Waals surface area contributed by atoms with Crippen LogP contribution in [0.2, 0.25) is 0 Å². The first kappa shape index (κ1) is 19.4. The number of fused-ring (bicyclic) bond motifs is 1. The zero-order chi connectivity index (χ0) is 21.2. The third-order valence-electron chi connectivity index (χ3n) is 5.26. The molecule has 0 saturated carbocycles. The average Bonchev–Trinajstić information content (AvgIpc) is 3.27. The number of carbonyl (C=O) groups is 1. The Morgan fingerprint density at radius 3 is 2.29 bits per heavy atom. The first-order valence-corrected chi connectivity index (χ1v) is 10.8. The molecule has 6 nitrogen and oxygen atoms in total. The third-order valence-corrected chi connectivity index (χ3v) is 6.48. The highest BCUT2D eigenvalue weighted by Crippen LogP contribution is 2.40. The Bertz CT molecular complexity index is 1190. The van der Waals surface area contributed by atoms with Gasteiger partial charge in [0.05, 0.1) is 13.2 Å². The minimum Gasteiger partial charge on any atom is -0.497 e. The van der Waals surface area contributed by atoms with E-state index >= 15 is 0 Å². The second-order valence-corrected chi connectivity index (χ2v) is 8.26. The molecule has 31 heavy (non-hydrogen) atoms. The molecule has 0 fully saturated rings. The summed E-state index contributed by atoms with van der Waals surface area (Å²) in [5.74, 6) is 1.47. The lowest BCUT2D eigenvalue weighted by molar-refractivity contribution is 0.0980. The topological polar surface area (TPSA) is 69.0 Å². The third kappa shape index (κ3) is 3.68. The van der Waals surface area contributed by atoms with E-state index in [4.69, 9.17) is 4.74 Å². The molecular weight excluding hydrogens is 408 g/mol. The first-order valence-electron chi connectivity index (χ1n) is 9.92. The molecule has 1 aliphatic rings. The number of nitrogens with zero attached hydrogens (tertiary/aromatic N) is 3. The van der Waals surface area contributed by atoms with Crippen LogP contribution in [0.4, 0.5) is 0 Å². The number of hydrogen-bond acceptors (Lipinski definition) is 6. The molecule has 0 spiro atoms. The van der Waals surface area contributed by atoms with Gasteiger partial charge in [-0.05, 0) is 29.8 Å². The molecule has 2 heterocycles. The van der Waals surface area contributed by atoms with Crippen molar-refractivity contribution in [3.05, 3.63) is 96.1 Å². The number of ether oxygens (including phenoxy) is 1. The normalized spacial score (nSPS) is 17.5. The zero-order valence-electron chi connectivity index (χ0n) is 16.8. The van der Waals surface area contributed by atoms with Gasteiger partial charge in [-0.25, -0.2) is 4.68 Å². The summed E-state index contributed by atoms with van der Waals surface area (Å²) in [4.78, 5) is 13.5. The van der Waals surface area contributed by atoms with E-state index in [0.29, 0.717) is 10.7 Å². The maximum absolute atomic E-state index is 13.5. The second-order valence-electron chi connectivity index (χ2n) is 7.16. The lowest BCUT2D eigenvalue weighted by Gasteiger charge is -2.33. The van der Waals surface area contributed by atoms with E-state index in [-0.39, 0.29) is 11.8 Å². The summed E-state index contributed by atoms with van der Waals surface area (Å²) in [6.45, 7) is 0. The Morgan fingerprint density at radius 2 is 1.61 bits per heavy atom. The first-order chi connectivity index (χ1) is 15.2. The molecule has 0 saturated heterocycles. The molecule has 2 atom stereocenters. The number of thioether (sulfide) groups is 1. The highest BCUT2D eigenvalue weighted by Gasteiger charge is 2.38. The summed E-state index contributed by atoms with van der Waals surface area (Å²) >= 11 is 1.43. The number of nitrogens with one attached hydrogen (secondary N) is 1. The maximum Gasteiger partial charge on any atom is 0.211 e. The van der Waals surface area contributed by atoms with E-state index in [1.165, 1.54) is 11.8 Å². The Balaban J connectivity index is 1.55. The van der Waals surface area contributed by atoms with Crippen molar-refractivity contribution in [2.24, 2.45) is 0 Å². The molecule has 1 N–H and O–H groups in total. The summed E-state index contributed by atoms with van der Waals surface area (Å²) in [7, 11) is 1.61. The standard InChI is InChI=1S/C24H20N4O2S/c1-30-19-14-12-17(13-15-19)21(29)22-20(16-8-4-2-5-9-16)27-28-23(25-26-24(28)31-22)18-10-6-3-7-11-18/h2-15,20,22,27H,1H3/t20-,22+/m0/s1. The monoisotopic (exact) mass is 428 g/mol. The van der Waals surface area contributed by atoms with Crippen molar-refractivity contribution in [1.82, 2.24) is 14.9 Å². The van der Waals surface area contributed by atoms with E-state index in [2.05, 4.69) is 15.6 Å². The van der Waals surface area contributed by atoms with E-state index in [1.807, 2.05) is 77.5 Å². The zero-order valence-corrected chi connectivity index (χ0v) is 17.6.